The van der Waals surface area contributed by atoms with Crippen molar-refractivity contribution < 1.29 is 23.8 Å². The van der Waals surface area contributed by atoms with Gasteiger partial charge >= 0.3 is 5.97 Å². The highest BCUT2D eigenvalue weighted by molar-refractivity contribution is 6.32. The zero-order chi connectivity index (χ0) is 20.9. The maximum atomic E-state index is 12.4. The molecule has 4 rings (SSSR count). The third-order valence-electron chi connectivity index (χ3n) is 4.83. The van der Waals surface area contributed by atoms with E-state index in [1.54, 1.807) is 35.5 Å². The fourth-order valence-corrected chi connectivity index (χ4v) is 3.62. The first-order valence-electron chi connectivity index (χ1n) is 9.63. The van der Waals surface area contributed by atoms with E-state index in [0.29, 0.717) is 67.4 Å². The maximum Gasteiger partial charge on any atom is 0.310 e. The molecule has 0 spiro atoms. The number of hydrogen-bond acceptors (Lipinski definition) is 8. The number of aromatic nitrogens is 2. The first-order chi connectivity index (χ1) is 14.6. The number of carbonyl (C=O) groups excluding carboxylic acids is 2. The minimum Gasteiger partial charge on any atom is -0.486 e. The van der Waals surface area contributed by atoms with E-state index in [9.17, 15) is 9.59 Å². The normalized spacial score (nSPS) is 15.6. The predicted octanol–water partition coefficient (Wildman–Crippen LogP) is 1.34. The molecule has 0 saturated carbocycles. The van der Waals surface area contributed by atoms with Gasteiger partial charge in [-0.3, -0.25) is 9.59 Å². The van der Waals surface area contributed by atoms with Gasteiger partial charge in [0.25, 0.3) is 5.91 Å². The Hall–Kier alpha value is -3.07. The number of nitrogens with zero attached hydrogens (tertiary/aromatic N) is 4. The van der Waals surface area contributed by atoms with Crippen molar-refractivity contribution in [2.45, 2.75) is 6.42 Å². The number of fused-ring (bicyclic) bond motifs is 1. The summed E-state index contributed by atoms with van der Waals surface area (Å²) in [6.45, 7) is 2.86. The maximum absolute atomic E-state index is 12.4. The van der Waals surface area contributed by atoms with Crippen molar-refractivity contribution in [3.63, 3.8) is 0 Å². The van der Waals surface area contributed by atoms with Crippen molar-refractivity contribution in [1.29, 1.82) is 0 Å². The van der Waals surface area contributed by atoms with E-state index in [1.165, 1.54) is 0 Å². The summed E-state index contributed by atoms with van der Waals surface area (Å²) in [5.41, 5.74) is 0.637. The highest BCUT2D eigenvalue weighted by Crippen LogP contribution is 2.38. The van der Waals surface area contributed by atoms with Gasteiger partial charge in [-0.2, -0.15) is 0 Å². The van der Waals surface area contributed by atoms with Crippen LogP contribution >= 0.6 is 11.6 Å². The molecule has 10 heteroatoms. The molecular weight excluding hydrogens is 412 g/mol. The average molecular weight is 433 g/mol. The van der Waals surface area contributed by atoms with Crippen molar-refractivity contribution in [2.24, 2.45) is 0 Å². The molecule has 0 unspecified atom stereocenters. The average Bonchev–Trinajstić information content (AvgIpc) is 2.78. The number of benzene rings is 1. The zero-order valence-corrected chi connectivity index (χ0v) is 17.0. The molecule has 1 saturated heterocycles. The molecule has 2 aliphatic rings. The smallest absolute Gasteiger partial charge is 0.310 e. The van der Waals surface area contributed by atoms with Crippen LogP contribution in [0.4, 0.5) is 5.95 Å². The van der Waals surface area contributed by atoms with Gasteiger partial charge < -0.3 is 24.0 Å². The molecular formula is C20H21ClN4O5. The van der Waals surface area contributed by atoms with E-state index < -0.39 is 5.97 Å². The summed E-state index contributed by atoms with van der Waals surface area (Å²) in [6, 6.07) is 5.11. The number of carbonyl (C=O) groups is 2. The fourth-order valence-electron chi connectivity index (χ4n) is 3.33. The molecule has 0 bridgehead atoms. The zero-order valence-electron chi connectivity index (χ0n) is 16.3. The van der Waals surface area contributed by atoms with Gasteiger partial charge in [-0.1, -0.05) is 11.6 Å². The van der Waals surface area contributed by atoms with Gasteiger partial charge in [0.2, 0.25) is 5.95 Å². The lowest BCUT2D eigenvalue weighted by Gasteiger charge is -2.34. The lowest BCUT2D eigenvalue weighted by molar-refractivity contribution is -0.151. The first kappa shape index (κ1) is 20.2. The molecule has 2 aliphatic heterocycles. The molecule has 0 radical (unpaired) electrons. The van der Waals surface area contributed by atoms with Crippen LogP contribution in [0.1, 0.15) is 5.56 Å². The molecule has 158 valence electrons. The van der Waals surface area contributed by atoms with E-state index in [-0.39, 0.29) is 18.9 Å². The molecule has 9 nitrogen and oxygen atoms in total. The van der Waals surface area contributed by atoms with E-state index in [0.717, 1.165) is 0 Å². The summed E-state index contributed by atoms with van der Waals surface area (Å²) in [7, 11) is 0. The Morgan fingerprint density at radius 3 is 2.57 bits per heavy atom. The summed E-state index contributed by atoms with van der Waals surface area (Å²) in [5.74, 6) is 0.905. The first-order valence-corrected chi connectivity index (χ1v) is 10.0. The molecule has 1 aromatic carbocycles. The molecule has 1 amide bonds. The van der Waals surface area contributed by atoms with Crippen LogP contribution in [0.5, 0.6) is 11.5 Å². The van der Waals surface area contributed by atoms with Gasteiger partial charge in [-0.15, -0.1) is 0 Å². The van der Waals surface area contributed by atoms with Gasteiger partial charge in [0.05, 0.1) is 11.4 Å². The molecule has 1 aromatic heterocycles. The Kier molecular flexibility index (Phi) is 6.18. The predicted molar refractivity (Wildman–Crippen MR) is 108 cm³/mol. The Morgan fingerprint density at radius 2 is 1.80 bits per heavy atom. The number of hydrogen-bond donors (Lipinski definition) is 0. The van der Waals surface area contributed by atoms with Crippen molar-refractivity contribution in [3.05, 3.63) is 41.2 Å². The van der Waals surface area contributed by atoms with Crippen molar-refractivity contribution in [1.82, 2.24) is 14.9 Å². The third-order valence-corrected chi connectivity index (χ3v) is 5.11. The topological polar surface area (TPSA) is 94.1 Å². The number of rotatable bonds is 5. The summed E-state index contributed by atoms with van der Waals surface area (Å²) in [6.07, 6.45) is 3.37. The van der Waals surface area contributed by atoms with E-state index in [2.05, 4.69) is 9.97 Å². The minimum atomic E-state index is -0.507. The van der Waals surface area contributed by atoms with Crippen LogP contribution in [0.15, 0.2) is 30.6 Å². The quantitative estimate of drug-likeness (QED) is 0.653. The number of esters is 1. The highest BCUT2D eigenvalue weighted by Gasteiger charge is 2.23. The van der Waals surface area contributed by atoms with Gasteiger partial charge in [0.1, 0.15) is 13.2 Å². The molecule has 0 aliphatic carbocycles. The van der Waals surface area contributed by atoms with Crippen LogP contribution in [0.25, 0.3) is 0 Å². The van der Waals surface area contributed by atoms with Gasteiger partial charge in [0, 0.05) is 38.6 Å². The number of amides is 1. The Labute approximate surface area is 178 Å². The Bertz CT molecular complexity index is 919. The van der Waals surface area contributed by atoms with E-state index >= 15 is 0 Å². The lowest BCUT2D eigenvalue weighted by atomic mass is 10.1. The van der Waals surface area contributed by atoms with Crippen LogP contribution in [0.2, 0.25) is 5.02 Å². The van der Waals surface area contributed by atoms with Gasteiger partial charge in [-0.05, 0) is 23.8 Å². The van der Waals surface area contributed by atoms with Crippen LogP contribution in [-0.2, 0) is 20.7 Å². The third kappa shape index (κ3) is 4.73. The number of ether oxygens (including phenoxy) is 3. The molecule has 1 fully saturated rings. The molecule has 2 aromatic rings. The van der Waals surface area contributed by atoms with Crippen LogP contribution in [0, 0.1) is 0 Å². The van der Waals surface area contributed by atoms with Crippen LogP contribution < -0.4 is 14.4 Å². The van der Waals surface area contributed by atoms with Crippen LogP contribution in [-0.4, -0.2) is 72.7 Å². The minimum absolute atomic E-state index is 0.0111. The van der Waals surface area contributed by atoms with E-state index in [4.69, 9.17) is 25.8 Å². The number of anilines is 1. The fraction of sp³-hybridized carbons (Fsp3) is 0.400. The largest absolute Gasteiger partial charge is 0.486 e. The van der Waals surface area contributed by atoms with Crippen molar-refractivity contribution in [2.75, 3.05) is 50.9 Å². The molecule has 0 N–H and O–H groups in total. The Morgan fingerprint density at radius 1 is 1.07 bits per heavy atom. The molecule has 30 heavy (non-hydrogen) atoms. The summed E-state index contributed by atoms with van der Waals surface area (Å²) in [5, 5.41) is 0.381. The second-order valence-corrected chi connectivity index (χ2v) is 7.26. The standard InChI is InChI=1S/C20H21ClN4O5/c21-15-10-14(11-16-19(15)29-9-8-28-16)12-18(27)30-13-17(26)24-4-6-25(7-5-24)20-22-2-1-3-23-20/h1-3,10-11H,4-9,12-13H2. The lowest BCUT2D eigenvalue weighted by Crippen LogP contribution is -2.50. The molecule has 3 heterocycles. The van der Waals surface area contributed by atoms with E-state index in [1.807, 2.05) is 4.90 Å². The van der Waals surface area contributed by atoms with Crippen molar-refractivity contribution >= 4 is 29.4 Å². The summed E-state index contributed by atoms with van der Waals surface area (Å²) >= 11 is 6.19. The number of halogens is 1. The molecule has 0 atom stereocenters. The van der Waals surface area contributed by atoms with Crippen molar-refractivity contribution in [3.8, 4) is 11.5 Å². The highest BCUT2D eigenvalue weighted by atomic mass is 35.5. The second kappa shape index (κ2) is 9.17. The summed E-state index contributed by atoms with van der Waals surface area (Å²) < 4.78 is 16.1. The van der Waals surface area contributed by atoms with Crippen LogP contribution in [0.3, 0.4) is 0 Å². The van der Waals surface area contributed by atoms with Gasteiger partial charge in [0.15, 0.2) is 18.1 Å². The Balaban J connectivity index is 1.24. The second-order valence-electron chi connectivity index (χ2n) is 6.86. The monoisotopic (exact) mass is 432 g/mol. The number of piperazine rings is 1. The SMILES string of the molecule is O=C(Cc1cc(Cl)c2c(c1)OCCO2)OCC(=O)N1CCN(c2ncccn2)CC1. The summed E-state index contributed by atoms with van der Waals surface area (Å²) in [4.78, 5) is 36.7. The van der Waals surface area contributed by atoms with Gasteiger partial charge in [-0.25, -0.2) is 9.97 Å².